The first kappa shape index (κ1) is 16.9. The molecule has 2 N–H and O–H groups in total. The number of hydrogen-bond acceptors (Lipinski definition) is 4. The lowest BCUT2D eigenvalue weighted by molar-refractivity contribution is 0.136. The van der Waals surface area contributed by atoms with Crippen LogP contribution < -0.4 is 5.32 Å². The highest BCUT2D eigenvalue weighted by Gasteiger charge is 2.16. The van der Waals surface area contributed by atoms with Crippen molar-refractivity contribution in [1.82, 2.24) is 9.88 Å². The van der Waals surface area contributed by atoms with Crippen molar-refractivity contribution in [2.24, 2.45) is 0 Å². The molecule has 4 heteroatoms. The monoisotopic (exact) mass is 279 g/mol. The van der Waals surface area contributed by atoms with Crippen LogP contribution in [-0.2, 0) is 6.54 Å². The molecule has 0 amide bonds. The number of rotatable bonds is 10. The summed E-state index contributed by atoms with van der Waals surface area (Å²) in [5, 5.41) is 12.7. The van der Waals surface area contributed by atoms with Crippen molar-refractivity contribution in [3.63, 3.8) is 0 Å². The fraction of sp³-hybridized carbons (Fsp3) is 0.688. The van der Waals surface area contributed by atoms with Crippen LogP contribution in [0.2, 0.25) is 0 Å². The van der Waals surface area contributed by atoms with E-state index in [2.05, 4.69) is 42.0 Å². The number of nitrogens with zero attached hydrogens (tertiary/aromatic N) is 2. The van der Waals surface area contributed by atoms with E-state index in [-0.39, 0.29) is 6.61 Å². The molecule has 114 valence electrons. The van der Waals surface area contributed by atoms with Crippen LogP contribution in [-0.4, -0.2) is 40.7 Å². The van der Waals surface area contributed by atoms with Crippen molar-refractivity contribution < 1.29 is 5.11 Å². The summed E-state index contributed by atoms with van der Waals surface area (Å²) in [4.78, 5) is 6.80. The van der Waals surface area contributed by atoms with Crippen LogP contribution in [0.1, 0.15) is 45.6 Å². The average molecular weight is 279 g/mol. The zero-order chi connectivity index (χ0) is 14.8. The standard InChI is InChI=1S/C16H29N3O/c1-4-9-17-16-14(8-7-10-18-16)13-19(11-12-20)15(5-2)6-3/h7-8,10,15,20H,4-6,9,11-13H2,1-3H3,(H,17,18). The fourth-order valence-corrected chi connectivity index (χ4v) is 2.51. The van der Waals surface area contributed by atoms with Crippen LogP contribution in [0.4, 0.5) is 5.82 Å². The Balaban J connectivity index is 2.81. The van der Waals surface area contributed by atoms with Gasteiger partial charge in [-0.05, 0) is 25.3 Å². The van der Waals surface area contributed by atoms with Gasteiger partial charge >= 0.3 is 0 Å². The van der Waals surface area contributed by atoms with Crippen molar-refractivity contribution in [1.29, 1.82) is 0 Å². The number of aliphatic hydroxyl groups excluding tert-OH is 1. The molecule has 0 saturated carbocycles. The van der Waals surface area contributed by atoms with E-state index in [0.717, 1.165) is 38.2 Å². The van der Waals surface area contributed by atoms with Crippen LogP contribution in [0, 0.1) is 0 Å². The zero-order valence-corrected chi connectivity index (χ0v) is 13.1. The van der Waals surface area contributed by atoms with Crippen molar-refractivity contribution in [3.05, 3.63) is 23.9 Å². The Morgan fingerprint density at radius 2 is 2.05 bits per heavy atom. The molecule has 0 aliphatic carbocycles. The highest BCUT2D eigenvalue weighted by atomic mass is 16.3. The van der Waals surface area contributed by atoms with Gasteiger partial charge in [0.15, 0.2) is 0 Å². The van der Waals surface area contributed by atoms with E-state index < -0.39 is 0 Å². The second kappa shape index (κ2) is 9.72. The minimum atomic E-state index is 0.203. The van der Waals surface area contributed by atoms with E-state index in [9.17, 15) is 5.11 Å². The summed E-state index contributed by atoms with van der Waals surface area (Å²) in [6, 6.07) is 4.62. The van der Waals surface area contributed by atoms with Gasteiger partial charge in [-0.3, -0.25) is 4.90 Å². The largest absolute Gasteiger partial charge is 0.395 e. The first-order chi connectivity index (χ1) is 9.76. The molecule has 1 aromatic rings. The predicted octanol–water partition coefficient (Wildman–Crippen LogP) is 2.89. The third kappa shape index (κ3) is 5.10. The van der Waals surface area contributed by atoms with Gasteiger partial charge in [0.25, 0.3) is 0 Å². The van der Waals surface area contributed by atoms with Gasteiger partial charge in [0.05, 0.1) is 6.61 Å². The van der Waals surface area contributed by atoms with Gasteiger partial charge in [-0.15, -0.1) is 0 Å². The van der Waals surface area contributed by atoms with E-state index in [1.165, 1.54) is 5.56 Å². The van der Waals surface area contributed by atoms with Gasteiger partial charge in [-0.2, -0.15) is 0 Å². The minimum absolute atomic E-state index is 0.203. The molecule has 20 heavy (non-hydrogen) atoms. The normalized spacial score (nSPS) is 11.3. The molecular weight excluding hydrogens is 250 g/mol. The van der Waals surface area contributed by atoms with Crippen molar-refractivity contribution >= 4 is 5.82 Å². The first-order valence-electron chi connectivity index (χ1n) is 7.79. The Morgan fingerprint density at radius 3 is 2.65 bits per heavy atom. The molecule has 1 rings (SSSR count). The second-order valence-electron chi connectivity index (χ2n) is 5.10. The Bertz CT molecular complexity index is 366. The molecule has 0 spiro atoms. The maximum atomic E-state index is 9.29. The maximum absolute atomic E-state index is 9.29. The summed E-state index contributed by atoms with van der Waals surface area (Å²) in [7, 11) is 0. The van der Waals surface area contributed by atoms with E-state index in [1.54, 1.807) is 0 Å². The van der Waals surface area contributed by atoms with Crippen LogP contribution in [0.15, 0.2) is 18.3 Å². The van der Waals surface area contributed by atoms with Crippen LogP contribution in [0.3, 0.4) is 0 Å². The molecule has 0 atom stereocenters. The van der Waals surface area contributed by atoms with Crippen molar-refractivity contribution in [3.8, 4) is 0 Å². The van der Waals surface area contributed by atoms with Crippen LogP contribution >= 0.6 is 0 Å². The fourth-order valence-electron chi connectivity index (χ4n) is 2.51. The zero-order valence-electron chi connectivity index (χ0n) is 13.1. The molecule has 0 fully saturated rings. The molecule has 0 aliphatic rings. The Hall–Kier alpha value is -1.13. The van der Waals surface area contributed by atoms with E-state index in [1.807, 2.05) is 12.3 Å². The summed E-state index contributed by atoms with van der Waals surface area (Å²) < 4.78 is 0. The molecule has 1 aromatic heterocycles. The van der Waals surface area contributed by atoms with Gasteiger partial charge in [0.2, 0.25) is 0 Å². The second-order valence-corrected chi connectivity index (χ2v) is 5.10. The number of pyridine rings is 1. The highest BCUT2D eigenvalue weighted by molar-refractivity contribution is 5.43. The summed E-state index contributed by atoms with van der Waals surface area (Å²) >= 11 is 0. The molecule has 4 nitrogen and oxygen atoms in total. The Morgan fingerprint density at radius 1 is 1.30 bits per heavy atom. The summed E-state index contributed by atoms with van der Waals surface area (Å²) in [6.07, 6.45) is 5.13. The third-order valence-electron chi connectivity index (χ3n) is 3.65. The average Bonchev–Trinajstić information content (AvgIpc) is 2.48. The van der Waals surface area contributed by atoms with Crippen LogP contribution in [0.5, 0.6) is 0 Å². The molecule has 0 saturated heterocycles. The van der Waals surface area contributed by atoms with Crippen LogP contribution in [0.25, 0.3) is 0 Å². The minimum Gasteiger partial charge on any atom is -0.395 e. The first-order valence-corrected chi connectivity index (χ1v) is 7.79. The number of aromatic nitrogens is 1. The van der Waals surface area contributed by atoms with Gasteiger partial charge in [0.1, 0.15) is 5.82 Å². The molecule has 0 bridgehead atoms. The molecular formula is C16H29N3O. The Labute approximate surface area is 123 Å². The topological polar surface area (TPSA) is 48.4 Å². The quantitative estimate of drug-likeness (QED) is 0.691. The van der Waals surface area contributed by atoms with E-state index >= 15 is 0 Å². The lowest BCUT2D eigenvalue weighted by Crippen LogP contribution is -2.36. The summed E-state index contributed by atoms with van der Waals surface area (Å²) in [5.74, 6) is 0.975. The highest BCUT2D eigenvalue weighted by Crippen LogP contribution is 2.18. The molecule has 0 radical (unpaired) electrons. The summed E-state index contributed by atoms with van der Waals surface area (Å²) in [6.45, 7) is 9.26. The number of anilines is 1. The smallest absolute Gasteiger partial charge is 0.130 e. The molecule has 1 heterocycles. The number of nitrogens with one attached hydrogen (secondary N) is 1. The van der Waals surface area contributed by atoms with E-state index in [0.29, 0.717) is 12.6 Å². The van der Waals surface area contributed by atoms with Crippen molar-refractivity contribution in [2.45, 2.75) is 52.6 Å². The number of hydrogen-bond donors (Lipinski definition) is 2. The lowest BCUT2D eigenvalue weighted by Gasteiger charge is -2.30. The molecule has 0 unspecified atom stereocenters. The SMILES string of the molecule is CCCNc1ncccc1CN(CCO)C(CC)CC. The third-order valence-corrected chi connectivity index (χ3v) is 3.65. The van der Waals surface area contributed by atoms with E-state index in [4.69, 9.17) is 0 Å². The summed E-state index contributed by atoms with van der Waals surface area (Å²) in [5.41, 5.74) is 1.21. The lowest BCUT2D eigenvalue weighted by atomic mass is 10.1. The van der Waals surface area contributed by atoms with Gasteiger partial charge < -0.3 is 10.4 Å². The molecule has 0 aliphatic heterocycles. The van der Waals surface area contributed by atoms with Gasteiger partial charge in [0, 0.05) is 37.4 Å². The Kier molecular flexibility index (Phi) is 8.23. The number of aliphatic hydroxyl groups is 1. The van der Waals surface area contributed by atoms with Gasteiger partial charge in [-0.1, -0.05) is 26.8 Å². The van der Waals surface area contributed by atoms with Crippen molar-refractivity contribution in [2.75, 3.05) is 25.0 Å². The molecule has 0 aromatic carbocycles. The van der Waals surface area contributed by atoms with Gasteiger partial charge in [-0.25, -0.2) is 4.98 Å². The predicted molar refractivity (Wildman–Crippen MR) is 84.9 cm³/mol. The maximum Gasteiger partial charge on any atom is 0.130 e.